The van der Waals surface area contributed by atoms with Crippen LogP contribution < -0.4 is 4.90 Å². The lowest BCUT2D eigenvalue weighted by Crippen LogP contribution is -2.44. The predicted octanol–water partition coefficient (Wildman–Crippen LogP) is 4.65. The van der Waals surface area contributed by atoms with Gasteiger partial charge in [0.1, 0.15) is 17.0 Å². The molecule has 1 heterocycles. The van der Waals surface area contributed by atoms with Crippen molar-refractivity contribution in [1.29, 1.82) is 0 Å². The van der Waals surface area contributed by atoms with Gasteiger partial charge in [0.2, 0.25) is 0 Å². The molecule has 2 amide bonds. The van der Waals surface area contributed by atoms with E-state index in [0.717, 1.165) is 10.5 Å². The lowest BCUT2D eigenvalue weighted by atomic mass is 10.2. The maximum atomic E-state index is 12.4. The molecule has 0 bridgehead atoms. The Morgan fingerprint density at radius 3 is 1.96 bits per heavy atom. The van der Waals surface area contributed by atoms with Gasteiger partial charge < -0.3 is 9.47 Å². The zero-order valence-electron chi connectivity index (χ0n) is 14.3. The van der Waals surface area contributed by atoms with Gasteiger partial charge in [-0.2, -0.15) is 4.90 Å². The Kier molecular flexibility index (Phi) is 6.16. The molecule has 0 fully saturated rings. The van der Waals surface area contributed by atoms with Crippen LogP contribution in [0.25, 0.3) is 0 Å². The van der Waals surface area contributed by atoms with E-state index < -0.39 is 23.4 Å². The molecule has 0 aromatic carbocycles. The van der Waals surface area contributed by atoms with E-state index in [-0.39, 0.29) is 5.82 Å². The number of halogens is 1. The van der Waals surface area contributed by atoms with Gasteiger partial charge >= 0.3 is 12.2 Å². The second kappa shape index (κ2) is 7.29. The van der Waals surface area contributed by atoms with Crippen LogP contribution in [0.1, 0.15) is 47.1 Å². The van der Waals surface area contributed by atoms with E-state index in [4.69, 9.17) is 9.47 Å². The molecular formula is C16H23BrN2O4. The Bertz CT molecular complexity index is 548. The first-order chi connectivity index (χ1) is 10.4. The number of hydrogen-bond acceptors (Lipinski definition) is 5. The number of ether oxygens (including phenoxy) is 2. The Labute approximate surface area is 145 Å². The number of amides is 2. The van der Waals surface area contributed by atoms with Gasteiger partial charge in [0.25, 0.3) is 0 Å². The molecule has 6 nitrogen and oxygen atoms in total. The van der Waals surface area contributed by atoms with Crippen molar-refractivity contribution in [3.8, 4) is 0 Å². The summed E-state index contributed by atoms with van der Waals surface area (Å²) in [6.07, 6.45) is -0.134. The molecule has 0 aliphatic carbocycles. The number of pyridine rings is 1. The van der Waals surface area contributed by atoms with Crippen molar-refractivity contribution in [3.05, 3.63) is 23.9 Å². The van der Waals surface area contributed by atoms with E-state index in [2.05, 4.69) is 20.9 Å². The third-order valence-electron chi connectivity index (χ3n) is 2.35. The second-order valence-corrected chi connectivity index (χ2v) is 7.51. The summed E-state index contributed by atoms with van der Waals surface area (Å²) in [4.78, 5) is 29.8. The molecule has 1 aromatic rings. The Balaban J connectivity index is 3.19. The van der Waals surface area contributed by atoms with E-state index in [1.807, 2.05) is 0 Å². The minimum Gasteiger partial charge on any atom is -0.443 e. The number of rotatable bonds is 2. The Morgan fingerprint density at radius 1 is 1.09 bits per heavy atom. The van der Waals surface area contributed by atoms with Crippen LogP contribution in [0, 0.1) is 0 Å². The number of carbonyl (C=O) groups is 2. The molecule has 23 heavy (non-hydrogen) atoms. The number of anilines is 1. The largest absolute Gasteiger partial charge is 0.443 e. The SMILES string of the molecule is CC(C)(C)OC(=O)N(C(=O)OC(C)(C)C)c1cc(CBr)ccn1. The lowest BCUT2D eigenvalue weighted by Gasteiger charge is -2.28. The van der Waals surface area contributed by atoms with Crippen molar-refractivity contribution >= 4 is 33.9 Å². The highest BCUT2D eigenvalue weighted by atomic mass is 79.9. The monoisotopic (exact) mass is 386 g/mol. The number of hydrogen-bond donors (Lipinski definition) is 0. The van der Waals surface area contributed by atoms with Crippen LogP contribution in [0.5, 0.6) is 0 Å². The summed E-state index contributed by atoms with van der Waals surface area (Å²) in [6.45, 7) is 10.3. The molecule has 0 aliphatic rings. The Morgan fingerprint density at radius 2 is 1.57 bits per heavy atom. The molecule has 1 aromatic heterocycles. The third-order valence-corrected chi connectivity index (χ3v) is 2.99. The second-order valence-electron chi connectivity index (χ2n) is 6.95. The first-order valence-electron chi connectivity index (χ1n) is 7.20. The average Bonchev–Trinajstić information content (AvgIpc) is 2.34. The quantitative estimate of drug-likeness (QED) is 0.691. The van der Waals surface area contributed by atoms with Crippen LogP contribution in [0.15, 0.2) is 18.3 Å². The normalized spacial score (nSPS) is 11.8. The number of alkyl halides is 1. The van der Waals surface area contributed by atoms with E-state index >= 15 is 0 Å². The molecule has 1 rings (SSSR count). The lowest BCUT2D eigenvalue weighted by molar-refractivity contribution is 0.0429. The van der Waals surface area contributed by atoms with Crippen molar-refractivity contribution < 1.29 is 19.1 Å². The van der Waals surface area contributed by atoms with Crippen LogP contribution in [-0.4, -0.2) is 28.4 Å². The van der Waals surface area contributed by atoms with Gasteiger partial charge in [-0.1, -0.05) is 15.9 Å². The highest BCUT2D eigenvalue weighted by Gasteiger charge is 2.33. The topological polar surface area (TPSA) is 68.7 Å². The van der Waals surface area contributed by atoms with Crippen LogP contribution >= 0.6 is 15.9 Å². The zero-order valence-corrected chi connectivity index (χ0v) is 15.9. The van der Waals surface area contributed by atoms with Crippen molar-refractivity contribution in [2.45, 2.75) is 58.1 Å². The fourth-order valence-corrected chi connectivity index (χ4v) is 1.89. The van der Waals surface area contributed by atoms with E-state index in [0.29, 0.717) is 5.33 Å². The van der Waals surface area contributed by atoms with Crippen LogP contribution in [0.4, 0.5) is 15.4 Å². The molecule has 0 atom stereocenters. The maximum absolute atomic E-state index is 12.4. The summed E-state index contributed by atoms with van der Waals surface area (Å²) in [5.41, 5.74) is -0.624. The van der Waals surface area contributed by atoms with Crippen molar-refractivity contribution in [2.24, 2.45) is 0 Å². The number of aromatic nitrogens is 1. The summed E-state index contributed by atoms with van der Waals surface area (Å²) in [7, 11) is 0. The molecule has 7 heteroatoms. The predicted molar refractivity (Wildman–Crippen MR) is 91.8 cm³/mol. The standard InChI is InChI=1S/C16H23BrN2O4/c1-15(2,3)22-13(20)19(14(21)23-16(4,5)6)12-9-11(10-17)7-8-18-12/h7-9H,10H2,1-6H3. The van der Waals surface area contributed by atoms with Gasteiger partial charge in [0.05, 0.1) is 0 Å². The van der Waals surface area contributed by atoms with Gasteiger partial charge in [-0.3, -0.25) is 0 Å². The van der Waals surface area contributed by atoms with Gasteiger partial charge in [0.15, 0.2) is 0 Å². The van der Waals surface area contributed by atoms with Gasteiger partial charge in [-0.15, -0.1) is 0 Å². The van der Waals surface area contributed by atoms with Crippen LogP contribution in [0.2, 0.25) is 0 Å². The van der Waals surface area contributed by atoms with E-state index in [9.17, 15) is 9.59 Å². The summed E-state index contributed by atoms with van der Waals surface area (Å²) in [5, 5.41) is 0.568. The van der Waals surface area contributed by atoms with Crippen molar-refractivity contribution in [3.63, 3.8) is 0 Å². The first-order valence-corrected chi connectivity index (χ1v) is 8.32. The van der Waals surface area contributed by atoms with Crippen molar-refractivity contribution in [2.75, 3.05) is 4.90 Å². The molecular weight excluding hydrogens is 364 g/mol. The molecule has 0 spiro atoms. The van der Waals surface area contributed by atoms with Gasteiger partial charge in [-0.05, 0) is 59.2 Å². The highest BCUT2D eigenvalue weighted by molar-refractivity contribution is 9.08. The third kappa shape index (κ3) is 6.56. The number of carbonyl (C=O) groups excluding carboxylic acids is 2. The molecule has 0 radical (unpaired) electrons. The molecule has 0 saturated heterocycles. The molecule has 0 aliphatic heterocycles. The minimum absolute atomic E-state index is 0.158. The first kappa shape index (κ1) is 19.4. The summed E-state index contributed by atoms with van der Waals surface area (Å²) >= 11 is 3.33. The van der Waals surface area contributed by atoms with Crippen LogP contribution in [0.3, 0.4) is 0 Å². The van der Waals surface area contributed by atoms with E-state index in [1.54, 1.807) is 53.7 Å². The smallest absolute Gasteiger partial charge is 0.425 e. The molecule has 0 saturated carbocycles. The minimum atomic E-state index is -0.828. The fourth-order valence-electron chi connectivity index (χ4n) is 1.54. The fraction of sp³-hybridized carbons (Fsp3) is 0.562. The molecule has 128 valence electrons. The van der Waals surface area contributed by atoms with Crippen molar-refractivity contribution in [1.82, 2.24) is 4.98 Å². The maximum Gasteiger partial charge on any atom is 0.425 e. The highest BCUT2D eigenvalue weighted by Crippen LogP contribution is 2.21. The van der Waals surface area contributed by atoms with E-state index in [1.165, 1.54) is 6.20 Å². The number of imide groups is 1. The number of nitrogens with zero attached hydrogens (tertiary/aromatic N) is 2. The van der Waals surface area contributed by atoms with Gasteiger partial charge in [-0.25, -0.2) is 14.6 Å². The average molecular weight is 387 g/mol. The zero-order chi connectivity index (χ0) is 17.8. The van der Waals surface area contributed by atoms with Gasteiger partial charge in [0, 0.05) is 11.5 Å². The van der Waals surface area contributed by atoms with Crippen LogP contribution in [-0.2, 0) is 14.8 Å². The molecule has 0 N–H and O–H groups in total. The summed E-state index contributed by atoms with van der Waals surface area (Å²) in [6, 6.07) is 3.41. The Hall–Kier alpha value is -1.63. The summed E-state index contributed by atoms with van der Waals surface area (Å²) < 4.78 is 10.6. The summed E-state index contributed by atoms with van der Waals surface area (Å²) in [5.74, 6) is 0.158. The molecule has 0 unspecified atom stereocenters.